The smallest absolute Gasteiger partial charge is 0.296 e. The van der Waals surface area contributed by atoms with Gasteiger partial charge < -0.3 is 5.32 Å². The zero-order valence-corrected chi connectivity index (χ0v) is 11.4. The average Bonchev–Trinajstić information content (AvgIpc) is 2.37. The first-order chi connectivity index (χ1) is 9.83. The molecule has 2 rings (SSSR count). The molecule has 0 saturated heterocycles. The predicted octanol–water partition coefficient (Wildman–Crippen LogP) is 1.09. The Morgan fingerprint density at radius 1 is 1.14 bits per heavy atom. The van der Waals surface area contributed by atoms with Crippen molar-refractivity contribution in [3.8, 4) is 0 Å². The summed E-state index contributed by atoms with van der Waals surface area (Å²) in [6.07, 6.45) is 0. The molecule has 0 fully saturated rings. The van der Waals surface area contributed by atoms with Gasteiger partial charge in [0.1, 0.15) is 5.69 Å². The van der Waals surface area contributed by atoms with E-state index in [9.17, 15) is 17.6 Å². The third-order valence-electron chi connectivity index (χ3n) is 2.33. The Balaban J connectivity index is 2.16. The number of amides is 1. The lowest BCUT2D eigenvalue weighted by atomic mass is 10.2. The maximum Gasteiger partial charge on any atom is 0.296 e. The lowest BCUT2D eigenvalue weighted by Crippen LogP contribution is -2.21. The number of hydrogen-bond donors (Lipinski definition) is 3. The lowest BCUT2D eigenvalue weighted by Gasteiger charge is -2.08. The van der Waals surface area contributed by atoms with Gasteiger partial charge in [-0.1, -0.05) is 12.1 Å². The number of rotatable bonds is 4. The standard InChI is InChI=1S/C12H11FN4O3S/c13-11-6-2-5-10(16-11)12(18)15-8-3-1-4-9(7-8)17-21(14,19)20/h1-7,17H,(H,15,18)(H2,14,19,20). The summed E-state index contributed by atoms with van der Waals surface area (Å²) < 4.78 is 36.8. The third kappa shape index (κ3) is 4.51. The molecule has 4 N–H and O–H groups in total. The second kappa shape index (κ2) is 5.85. The highest BCUT2D eigenvalue weighted by molar-refractivity contribution is 7.90. The Morgan fingerprint density at radius 3 is 2.48 bits per heavy atom. The molecule has 1 heterocycles. The van der Waals surface area contributed by atoms with E-state index < -0.39 is 22.1 Å². The van der Waals surface area contributed by atoms with Gasteiger partial charge in [0.25, 0.3) is 16.1 Å². The fourth-order valence-corrected chi connectivity index (χ4v) is 2.01. The lowest BCUT2D eigenvalue weighted by molar-refractivity contribution is 0.102. The summed E-state index contributed by atoms with van der Waals surface area (Å²) >= 11 is 0. The topological polar surface area (TPSA) is 114 Å². The Morgan fingerprint density at radius 2 is 1.81 bits per heavy atom. The number of nitrogens with two attached hydrogens (primary N) is 1. The number of nitrogens with zero attached hydrogens (tertiary/aromatic N) is 1. The van der Waals surface area contributed by atoms with Crippen LogP contribution < -0.4 is 15.2 Å². The molecule has 0 spiro atoms. The van der Waals surface area contributed by atoms with Gasteiger partial charge in [-0.05, 0) is 30.3 Å². The first-order valence-corrected chi connectivity index (χ1v) is 7.23. The highest BCUT2D eigenvalue weighted by Crippen LogP contribution is 2.16. The SMILES string of the molecule is NS(=O)(=O)Nc1cccc(NC(=O)c2cccc(F)n2)c1. The number of carbonyl (C=O) groups is 1. The van der Waals surface area contributed by atoms with Gasteiger partial charge in [0.15, 0.2) is 0 Å². The monoisotopic (exact) mass is 310 g/mol. The predicted molar refractivity (Wildman–Crippen MR) is 75.3 cm³/mol. The van der Waals surface area contributed by atoms with Crippen LogP contribution in [0.25, 0.3) is 0 Å². The summed E-state index contributed by atoms with van der Waals surface area (Å²) in [7, 11) is -3.90. The van der Waals surface area contributed by atoms with Crippen LogP contribution >= 0.6 is 0 Å². The van der Waals surface area contributed by atoms with E-state index in [-0.39, 0.29) is 11.4 Å². The van der Waals surface area contributed by atoms with E-state index >= 15 is 0 Å². The number of anilines is 2. The molecule has 1 aromatic heterocycles. The van der Waals surface area contributed by atoms with Gasteiger partial charge in [-0.2, -0.15) is 12.8 Å². The largest absolute Gasteiger partial charge is 0.321 e. The van der Waals surface area contributed by atoms with Crippen LogP contribution in [0.2, 0.25) is 0 Å². The molecule has 110 valence electrons. The molecule has 0 aliphatic carbocycles. The minimum absolute atomic E-state index is 0.0974. The normalized spacial score (nSPS) is 11.0. The van der Waals surface area contributed by atoms with Crippen molar-refractivity contribution in [3.05, 3.63) is 54.1 Å². The van der Waals surface area contributed by atoms with Crippen molar-refractivity contribution in [1.29, 1.82) is 0 Å². The maximum atomic E-state index is 12.9. The number of benzene rings is 1. The summed E-state index contributed by atoms with van der Waals surface area (Å²) in [6.45, 7) is 0. The van der Waals surface area contributed by atoms with Crippen LogP contribution in [0, 0.1) is 5.95 Å². The number of nitrogens with one attached hydrogen (secondary N) is 2. The van der Waals surface area contributed by atoms with Crippen molar-refractivity contribution in [2.75, 3.05) is 10.0 Å². The molecule has 1 amide bonds. The number of carbonyl (C=O) groups excluding carboxylic acids is 1. The Kier molecular flexibility index (Phi) is 4.15. The van der Waals surface area contributed by atoms with Gasteiger partial charge in [-0.3, -0.25) is 9.52 Å². The molecule has 9 heteroatoms. The molecular weight excluding hydrogens is 299 g/mol. The zero-order chi connectivity index (χ0) is 15.5. The van der Waals surface area contributed by atoms with Crippen molar-refractivity contribution < 1.29 is 17.6 Å². The van der Waals surface area contributed by atoms with Gasteiger partial charge in [0.2, 0.25) is 5.95 Å². The minimum Gasteiger partial charge on any atom is -0.321 e. The van der Waals surface area contributed by atoms with Crippen LogP contribution in [0.5, 0.6) is 0 Å². The van der Waals surface area contributed by atoms with Crippen molar-refractivity contribution in [1.82, 2.24) is 4.98 Å². The Bertz CT molecular complexity index is 780. The number of halogens is 1. The molecule has 21 heavy (non-hydrogen) atoms. The molecule has 0 atom stereocenters. The summed E-state index contributed by atoms with van der Waals surface area (Å²) in [5.74, 6) is -1.39. The first kappa shape index (κ1) is 14.9. The first-order valence-electron chi connectivity index (χ1n) is 5.68. The van der Waals surface area contributed by atoms with Crippen LogP contribution in [-0.2, 0) is 10.2 Å². The molecule has 0 bridgehead atoms. The van der Waals surface area contributed by atoms with E-state index in [2.05, 4.69) is 15.0 Å². The van der Waals surface area contributed by atoms with Crippen molar-refractivity contribution in [3.63, 3.8) is 0 Å². The highest BCUT2D eigenvalue weighted by Gasteiger charge is 2.09. The number of aromatic nitrogens is 1. The van der Waals surface area contributed by atoms with Crippen molar-refractivity contribution in [2.45, 2.75) is 0 Å². The van der Waals surface area contributed by atoms with Gasteiger partial charge in [0, 0.05) is 5.69 Å². The van der Waals surface area contributed by atoms with E-state index in [0.29, 0.717) is 5.69 Å². The van der Waals surface area contributed by atoms with Gasteiger partial charge in [-0.15, -0.1) is 0 Å². The third-order valence-corrected chi connectivity index (χ3v) is 2.85. The van der Waals surface area contributed by atoms with Crippen molar-refractivity contribution >= 4 is 27.5 Å². The van der Waals surface area contributed by atoms with Gasteiger partial charge in [-0.25, -0.2) is 10.1 Å². The van der Waals surface area contributed by atoms with E-state index in [1.165, 1.54) is 36.4 Å². The number of pyridine rings is 1. The summed E-state index contributed by atoms with van der Waals surface area (Å²) in [5, 5.41) is 7.32. The van der Waals surface area contributed by atoms with Crippen LogP contribution in [0.4, 0.5) is 15.8 Å². The molecule has 0 unspecified atom stereocenters. The Hall–Kier alpha value is -2.52. The summed E-state index contributed by atoms with van der Waals surface area (Å²) in [6, 6.07) is 9.70. The summed E-state index contributed by atoms with van der Waals surface area (Å²) in [4.78, 5) is 15.3. The summed E-state index contributed by atoms with van der Waals surface area (Å²) in [5.41, 5.74) is 0.391. The quantitative estimate of drug-likeness (QED) is 0.733. The fourth-order valence-electron chi connectivity index (χ4n) is 1.55. The fraction of sp³-hybridized carbons (Fsp3) is 0. The minimum atomic E-state index is -3.90. The molecule has 7 nitrogen and oxygen atoms in total. The second-order valence-corrected chi connectivity index (χ2v) is 5.32. The zero-order valence-electron chi connectivity index (χ0n) is 10.6. The van der Waals surface area contributed by atoms with Crippen LogP contribution in [0.15, 0.2) is 42.5 Å². The molecular formula is C12H11FN4O3S. The number of hydrogen-bond acceptors (Lipinski definition) is 4. The van der Waals surface area contributed by atoms with Gasteiger partial charge in [0.05, 0.1) is 5.69 Å². The average molecular weight is 310 g/mol. The molecule has 0 radical (unpaired) electrons. The molecule has 2 aromatic rings. The van der Waals surface area contributed by atoms with E-state index in [0.717, 1.165) is 6.07 Å². The van der Waals surface area contributed by atoms with E-state index in [1.807, 2.05) is 0 Å². The second-order valence-electron chi connectivity index (χ2n) is 4.03. The van der Waals surface area contributed by atoms with Crippen LogP contribution in [0.3, 0.4) is 0 Å². The highest BCUT2D eigenvalue weighted by atomic mass is 32.2. The van der Waals surface area contributed by atoms with Crippen LogP contribution in [-0.4, -0.2) is 19.3 Å². The molecule has 0 saturated carbocycles. The van der Waals surface area contributed by atoms with Gasteiger partial charge >= 0.3 is 0 Å². The van der Waals surface area contributed by atoms with E-state index in [1.54, 1.807) is 0 Å². The maximum absolute atomic E-state index is 12.9. The molecule has 0 aliphatic rings. The van der Waals surface area contributed by atoms with E-state index in [4.69, 9.17) is 5.14 Å². The van der Waals surface area contributed by atoms with Crippen LogP contribution in [0.1, 0.15) is 10.5 Å². The molecule has 1 aromatic carbocycles. The molecule has 0 aliphatic heterocycles. The van der Waals surface area contributed by atoms with Crippen molar-refractivity contribution in [2.24, 2.45) is 5.14 Å². The Labute approximate surface area is 120 Å².